The van der Waals surface area contributed by atoms with E-state index in [1.807, 2.05) is 18.2 Å². The van der Waals surface area contributed by atoms with Crippen LogP contribution in [0.25, 0.3) is 5.32 Å². The topological polar surface area (TPSA) is 23.3 Å². The van der Waals surface area contributed by atoms with Gasteiger partial charge < -0.3 is 10.1 Å². The van der Waals surface area contributed by atoms with Crippen LogP contribution < -0.4 is 10.6 Å². The molecule has 1 heterocycles. The molecule has 4 heteroatoms. The smallest absolute Gasteiger partial charge is 0.623 e. The van der Waals surface area contributed by atoms with Crippen molar-refractivity contribution >= 4 is 18.5 Å². The van der Waals surface area contributed by atoms with Gasteiger partial charge in [0.15, 0.2) is 0 Å². The molecule has 0 N–H and O–H groups in total. The van der Waals surface area contributed by atoms with Crippen molar-refractivity contribution in [2.45, 2.75) is 12.5 Å². The SMILES string of the molecule is C1=C=C([C]2[N-][C@@H](Cc3ccccc3)CO2)C(P(c2ccccc2)c2ccccc2)=C=1.[C]1=C=C=C=[C-]1.[Fe+2]. The molecule has 36 heavy (non-hydrogen) atoms. The number of hydrogen-bond donors (Lipinski definition) is 0. The van der Waals surface area contributed by atoms with E-state index in [0.29, 0.717) is 12.8 Å². The summed E-state index contributed by atoms with van der Waals surface area (Å²) < 4.78 is 6.03. The molecule has 1 aliphatic heterocycles. The average Bonchev–Trinajstić information content (AvgIpc) is 3.71. The first kappa shape index (κ1) is 25.8. The number of benzene rings is 3. The number of allylic oxidation sites excluding steroid dienone is 2. The van der Waals surface area contributed by atoms with Crippen LogP contribution in [-0.4, -0.2) is 12.6 Å². The van der Waals surface area contributed by atoms with Crippen LogP contribution in [0, 0.1) is 18.4 Å². The van der Waals surface area contributed by atoms with Crippen molar-refractivity contribution in [1.29, 1.82) is 0 Å². The van der Waals surface area contributed by atoms with Gasteiger partial charge in [0.2, 0.25) is 0 Å². The molecule has 0 aromatic heterocycles. The first-order valence-electron chi connectivity index (χ1n) is 11.3. The fourth-order valence-corrected chi connectivity index (χ4v) is 6.16. The molecule has 172 valence electrons. The Bertz CT molecular complexity index is 1400. The fourth-order valence-electron chi connectivity index (χ4n) is 3.86. The summed E-state index contributed by atoms with van der Waals surface area (Å²) in [7, 11) is -0.787. The van der Waals surface area contributed by atoms with E-state index in [0.717, 1.165) is 17.3 Å². The predicted octanol–water partition coefficient (Wildman–Crippen LogP) is 5.98. The van der Waals surface area contributed by atoms with Gasteiger partial charge >= 0.3 is 17.1 Å². The number of rotatable bonds is 6. The summed E-state index contributed by atoms with van der Waals surface area (Å²) in [5, 5.41) is 8.50. The summed E-state index contributed by atoms with van der Waals surface area (Å²) >= 11 is 0. The third kappa shape index (κ3) is 6.46. The summed E-state index contributed by atoms with van der Waals surface area (Å²) in [4.78, 5) is 0. The van der Waals surface area contributed by atoms with E-state index in [-0.39, 0.29) is 23.1 Å². The fraction of sp³-hybridized carbons (Fsp3) is 0.0938. The van der Waals surface area contributed by atoms with Crippen LogP contribution in [0.2, 0.25) is 0 Å². The second-order valence-corrected chi connectivity index (χ2v) is 9.97. The molecule has 3 aromatic rings. The molecule has 0 bridgehead atoms. The zero-order valence-electron chi connectivity index (χ0n) is 19.3. The maximum atomic E-state index is 6.03. The van der Waals surface area contributed by atoms with Crippen molar-refractivity contribution in [2.24, 2.45) is 0 Å². The summed E-state index contributed by atoms with van der Waals surface area (Å²) in [6, 6.07) is 31.7. The molecule has 0 spiro atoms. The van der Waals surface area contributed by atoms with Gasteiger partial charge in [0.25, 0.3) is 0 Å². The first-order chi connectivity index (χ1) is 17.4. The van der Waals surface area contributed by atoms with Gasteiger partial charge in [-0.2, -0.15) is 0 Å². The molecule has 2 nitrogen and oxygen atoms in total. The van der Waals surface area contributed by atoms with Crippen molar-refractivity contribution in [3.05, 3.63) is 166 Å². The van der Waals surface area contributed by atoms with E-state index in [1.54, 1.807) is 0 Å². The maximum absolute atomic E-state index is 6.03. The van der Waals surface area contributed by atoms with E-state index in [2.05, 4.69) is 119 Å². The molecule has 0 amide bonds. The van der Waals surface area contributed by atoms with Crippen LogP contribution in [0.15, 0.2) is 136 Å². The van der Waals surface area contributed by atoms with Gasteiger partial charge in [0, 0.05) is 23.7 Å². The van der Waals surface area contributed by atoms with Crippen molar-refractivity contribution in [2.75, 3.05) is 6.61 Å². The van der Waals surface area contributed by atoms with E-state index < -0.39 is 7.92 Å². The van der Waals surface area contributed by atoms with Crippen LogP contribution >= 0.6 is 7.92 Å². The molecule has 2 radical (unpaired) electrons. The molecular weight excluding hydrogens is 501 g/mol. The van der Waals surface area contributed by atoms with Gasteiger partial charge in [-0.15, -0.1) is 18.2 Å². The van der Waals surface area contributed by atoms with Gasteiger partial charge in [-0.25, -0.2) is 5.73 Å². The van der Waals surface area contributed by atoms with E-state index in [4.69, 9.17) is 10.1 Å². The number of hydrogen-bond acceptors (Lipinski definition) is 1. The van der Waals surface area contributed by atoms with E-state index in [9.17, 15) is 0 Å². The number of nitrogens with zero attached hydrogens (tertiary/aromatic N) is 1. The largest absolute Gasteiger partial charge is 2.00 e. The summed E-state index contributed by atoms with van der Waals surface area (Å²) in [5.41, 5.74) is 19.3. The van der Waals surface area contributed by atoms with Crippen LogP contribution in [0.3, 0.4) is 0 Å². The molecule has 3 aliphatic rings. The van der Waals surface area contributed by atoms with Crippen LogP contribution in [0.4, 0.5) is 0 Å². The molecule has 0 saturated carbocycles. The average molecular weight is 521 g/mol. The molecule has 6 rings (SSSR count). The van der Waals surface area contributed by atoms with Crippen LogP contribution in [0.5, 0.6) is 0 Å². The molecular formula is C32H20FeNOP. The normalized spacial score (nSPS) is 16.6. The Hall–Kier alpha value is -3.31. The summed E-state index contributed by atoms with van der Waals surface area (Å²) in [5.74, 6) is 0. The van der Waals surface area contributed by atoms with Gasteiger partial charge in [-0.05, 0) is 36.2 Å². The van der Waals surface area contributed by atoms with Crippen molar-refractivity contribution < 1.29 is 21.8 Å². The van der Waals surface area contributed by atoms with E-state index >= 15 is 0 Å². The van der Waals surface area contributed by atoms with Crippen LogP contribution in [-0.2, 0) is 28.2 Å². The van der Waals surface area contributed by atoms with Crippen molar-refractivity contribution in [1.82, 2.24) is 0 Å². The number of ether oxygens (including phenoxy) is 1. The summed E-state index contributed by atoms with van der Waals surface area (Å²) in [6.45, 7) is 0.595. The Kier molecular flexibility index (Phi) is 9.40. The zero-order valence-corrected chi connectivity index (χ0v) is 21.3. The van der Waals surface area contributed by atoms with Gasteiger partial charge in [-0.1, -0.05) is 102 Å². The zero-order chi connectivity index (χ0) is 23.7. The third-order valence-electron chi connectivity index (χ3n) is 5.41. The first-order valence-corrected chi connectivity index (χ1v) is 12.6. The Balaban J connectivity index is 0.000000455. The van der Waals surface area contributed by atoms with Crippen molar-refractivity contribution in [3.8, 4) is 0 Å². The second-order valence-electron chi connectivity index (χ2n) is 7.82. The summed E-state index contributed by atoms with van der Waals surface area (Å²) in [6.07, 6.45) is 6.54. The Morgan fingerprint density at radius 1 is 0.806 bits per heavy atom. The van der Waals surface area contributed by atoms with E-state index in [1.165, 1.54) is 16.2 Å². The monoisotopic (exact) mass is 521 g/mol. The Morgan fingerprint density at radius 3 is 2.00 bits per heavy atom. The standard InChI is InChI=1S/C27H20NOP.C5.Fe/c1-4-11-21(12-5-1)19-22-20-29-27(28-22)25-17-10-18-26(25)30(23-13-6-2-7-14-23)24-15-8-3-9-16-24;1-2-4-5-3-1;/h1-9,11-16,22H,19-20H2;;/q2*-1;+2/t22-;;/m0../s1. The third-order valence-corrected chi connectivity index (χ3v) is 7.82. The minimum atomic E-state index is -0.787. The quantitative estimate of drug-likeness (QED) is 0.169. The van der Waals surface area contributed by atoms with Crippen LogP contribution in [0.1, 0.15) is 5.56 Å². The van der Waals surface area contributed by atoms with Gasteiger partial charge in [-0.3, -0.25) is 11.5 Å². The Labute approximate surface area is 224 Å². The molecule has 2 aliphatic carbocycles. The minimum absolute atomic E-state index is 0. The minimum Gasteiger partial charge on any atom is -0.623 e. The maximum Gasteiger partial charge on any atom is 2.00 e. The van der Waals surface area contributed by atoms with Crippen molar-refractivity contribution in [3.63, 3.8) is 0 Å². The van der Waals surface area contributed by atoms with Gasteiger partial charge in [0.05, 0.1) is 0 Å². The molecule has 1 atom stereocenters. The second kappa shape index (κ2) is 13.1. The molecule has 3 aromatic carbocycles. The van der Waals surface area contributed by atoms with Gasteiger partial charge in [0.1, 0.15) is 0 Å². The molecule has 1 fully saturated rings. The Morgan fingerprint density at radius 2 is 1.44 bits per heavy atom. The molecule has 1 saturated heterocycles. The predicted molar refractivity (Wildman–Crippen MR) is 140 cm³/mol. The molecule has 0 unspecified atom stereocenters.